The number of hydrogen-bond donors (Lipinski definition) is 1. The van der Waals surface area contributed by atoms with Crippen molar-refractivity contribution in [2.75, 3.05) is 39.3 Å². The predicted molar refractivity (Wildman–Crippen MR) is 76.0 cm³/mol. The summed E-state index contributed by atoms with van der Waals surface area (Å²) >= 11 is 0. The number of hydrogen-bond acceptors (Lipinski definition) is 3. The van der Waals surface area contributed by atoms with Gasteiger partial charge >= 0.3 is 0 Å². The van der Waals surface area contributed by atoms with Gasteiger partial charge in [-0.1, -0.05) is 25.7 Å². The molecule has 4 nitrogen and oxygen atoms in total. The first-order valence-corrected chi connectivity index (χ1v) is 8.08. The van der Waals surface area contributed by atoms with Gasteiger partial charge in [-0.25, -0.2) is 0 Å². The van der Waals surface area contributed by atoms with Gasteiger partial charge in [-0.3, -0.25) is 9.69 Å². The first-order chi connectivity index (χ1) is 9.34. The molecule has 0 atom stereocenters. The van der Waals surface area contributed by atoms with Gasteiger partial charge in [0, 0.05) is 51.2 Å². The van der Waals surface area contributed by atoms with Gasteiger partial charge in [-0.2, -0.15) is 0 Å². The van der Waals surface area contributed by atoms with Gasteiger partial charge in [-0.05, 0) is 12.8 Å². The van der Waals surface area contributed by atoms with Crippen LogP contribution in [-0.4, -0.2) is 61.0 Å². The number of piperazine rings is 1. The number of nitrogens with zero attached hydrogens (tertiary/aromatic N) is 2. The third-order valence-corrected chi connectivity index (χ3v) is 5.11. The highest BCUT2D eigenvalue weighted by molar-refractivity contribution is 5.79. The summed E-state index contributed by atoms with van der Waals surface area (Å²) in [5.74, 6) is 0.785. The van der Waals surface area contributed by atoms with Gasteiger partial charge in [0.15, 0.2) is 0 Å². The normalized spacial score (nSPS) is 27.9. The molecule has 0 unspecified atom stereocenters. The van der Waals surface area contributed by atoms with E-state index in [0.29, 0.717) is 11.8 Å². The van der Waals surface area contributed by atoms with Crippen molar-refractivity contribution < 1.29 is 4.79 Å². The Hall–Kier alpha value is -0.610. The van der Waals surface area contributed by atoms with Crippen molar-refractivity contribution in [3.63, 3.8) is 0 Å². The fourth-order valence-corrected chi connectivity index (χ4v) is 3.62. The zero-order valence-electron chi connectivity index (χ0n) is 11.9. The maximum absolute atomic E-state index is 12.6. The number of carbonyl (C=O) groups excluding carboxylic acids is 1. The molecule has 3 rings (SSSR count). The van der Waals surface area contributed by atoms with Crippen molar-refractivity contribution in [2.45, 2.75) is 44.6 Å². The van der Waals surface area contributed by atoms with Crippen LogP contribution in [0.3, 0.4) is 0 Å². The third kappa shape index (κ3) is 3.11. The quantitative estimate of drug-likeness (QED) is 0.759. The highest BCUT2D eigenvalue weighted by atomic mass is 16.2. The molecular formula is C15H27N3O. The van der Waals surface area contributed by atoms with Crippen LogP contribution in [0.15, 0.2) is 0 Å². The van der Waals surface area contributed by atoms with Crippen LogP contribution in [-0.2, 0) is 4.79 Å². The lowest BCUT2D eigenvalue weighted by atomic mass is 9.98. The van der Waals surface area contributed by atoms with Crippen molar-refractivity contribution in [3.8, 4) is 0 Å². The highest BCUT2D eigenvalue weighted by Gasteiger charge is 2.31. The summed E-state index contributed by atoms with van der Waals surface area (Å²) in [7, 11) is 0. The van der Waals surface area contributed by atoms with Crippen LogP contribution in [0.25, 0.3) is 0 Å². The Morgan fingerprint density at radius 3 is 2.05 bits per heavy atom. The topological polar surface area (TPSA) is 35.6 Å². The zero-order chi connectivity index (χ0) is 13.1. The van der Waals surface area contributed by atoms with E-state index < -0.39 is 0 Å². The minimum absolute atomic E-state index is 0.333. The van der Waals surface area contributed by atoms with E-state index in [2.05, 4.69) is 15.1 Å². The van der Waals surface area contributed by atoms with E-state index in [9.17, 15) is 4.79 Å². The lowest BCUT2D eigenvalue weighted by Crippen LogP contribution is -2.62. The third-order valence-electron chi connectivity index (χ3n) is 5.11. The van der Waals surface area contributed by atoms with Crippen LogP contribution in [0.5, 0.6) is 0 Å². The van der Waals surface area contributed by atoms with E-state index in [0.717, 1.165) is 58.2 Å². The van der Waals surface area contributed by atoms with Crippen molar-refractivity contribution in [3.05, 3.63) is 0 Å². The molecule has 1 saturated carbocycles. The Labute approximate surface area is 116 Å². The van der Waals surface area contributed by atoms with E-state index in [-0.39, 0.29) is 0 Å². The molecule has 1 N–H and O–H groups in total. The molecule has 2 aliphatic heterocycles. The van der Waals surface area contributed by atoms with Crippen LogP contribution in [0.2, 0.25) is 0 Å². The second kappa shape index (κ2) is 6.23. The van der Waals surface area contributed by atoms with E-state index in [1.807, 2.05) is 0 Å². The van der Waals surface area contributed by atoms with Gasteiger partial charge in [0.2, 0.25) is 5.91 Å². The monoisotopic (exact) mass is 265 g/mol. The largest absolute Gasteiger partial charge is 0.340 e. The molecule has 2 saturated heterocycles. The minimum atomic E-state index is 0.333. The lowest BCUT2D eigenvalue weighted by Gasteiger charge is -2.43. The molecule has 0 aromatic rings. The Bertz CT molecular complexity index is 301. The molecular weight excluding hydrogens is 238 g/mol. The maximum atomic E-state index is 12.6. The van der Waals surface area contributed by atoms with E-state index in [4.69, 9.17) is 0 Å². The van der Waals surface area contributed by atoms with Crippen molar-refractivity contribution >= 4 is 5.91 Å². The smallest absolute Gasteiger partial charge is 0.225 e. The molecule has 2 heterocycles. The average Bonchev–Trinajstić information content (AvgIpc) is 2.65. The molecule has 0 aromatic carbocycles. The Kier molecular flexibility index (Phi) is 4.38. The Morgan fingerprint density at radius 2 is 1.53 bits per heavy atom. The minimum Gasteiger partial charge on any atom is -0.340 e. The number of amides is 1. The second-order valence-corrected chi connectivity index (χ2v) is 6.36. The van der Waals surface area contributed by atoms with Crippen LogP contribution in [0.1, 0.15) is 38.5 Å². The van der Waals surface area contributed by atoms with Crippen molar-refractivity contribution in [1.29, 1.82) is 0 Å². The summed E-state index contributed by atoms with van der Waals surface area (Å²) in [6.45, 7) is 6.32. The molecule has 0 spiro atoms. The summed E-state index contributed by atoms with van der Waals surface area (Å²) in [6, 6.07) is 0.732. The molecule has 4 heteroatoms. The fraction of sp³-hybridized carbons (Fsp3) is 0.933. The molecule has 3 aliphatic rings. The molecule has 19 heavy (non-hydrogen) atoms. The molecule has 0 aromatic heterocycles. The fourth-order valence-electron chi connectivity index (χ4n) is 3.62. The molecule has 1 amide bonds. The lowest BCUT2D eigenvalue weighted by molar-refractivity contribution is -0.138. The zero-order valence-corrected chi connectivity index (χ0v) is 11.9. The van der Waals surface area contributed by atoms with Gasteiger partial charge in [0.1, 0.15) is 0 Å². The van der Waals surface area contributed by atoms with Gasteiger partial charge in [-0.15, -0.1) is 0 Å². The predicted octanol–water partition coefficient (Wildman–Crippen LogP) is 1.07. The SMILES string of the molecule is O=C(C1CCCCCC1)N1CCN(C2CNC2)CC1. The van der Waals surface area contributed by atoms with Crippen molar-refractivity contribution in [1.82, 2.24) is 15.1 Å². The van der Waals surface area contributed by atoms with E-state index in [1.165, 1.54) is 25.7 Å². The summed E-state index contributed by atoms with van der Waals surface area (Å²) in [4.78, 5) is 17.2. The summed E-state index contributed by atoms with van der Waals surface area (Å²) in [5.41, 5.74) is 0. The van der Waals surface area contributed by atoms with Gasteiger partial charge in [0.25, 0.3) is 0 Å². The molecule has 0 radical (unpaired) electrons. The number of nitrogens with one attached hydrogen (secondary N) is 1. The molecule has 0 bridgehead atoms. The summed E-state index contributed by atoms with van der Waals surface area (Å²) in [6.07, 6.45) is 7.42. The van der Waals surface area contributed by atoms with E-state index >= 15 is 0 Å². The highest BCUT2D eigenvalue weighted by Crippen LogP contribution is 2.25. The second-order valence-electron chi connectivity index (χ2n) is 6.36. The first-order valence-electron chi connectivity index (χ1n) is 8.08. The van der Waals surface area contributed by atoms with Crippen LogP contribution >= 0.6 is 0 Å². The first kappa shape index (κ1) is 13.4. The number of rotatable bonds is 2. The van der Waals surface area contributed by atoms with Crippen molar-refractivity contribution in [2.24, 2.45) is 5.92 Å². The molecule has 108 valence electrons. The molecule has 3 fully saturated rings. The summed E-state index contributed by atoms with van der Waals surface area (Å²) in [5, 5.41) is 3.33. The summed E-state index contributed by atoms with van der Waals surface area (Å²) < 4.78 is 0. The van der Waals surface area contributed by atoms with E-state index in [1.54, 1.807) is 0 Å². The van der Waals surface area contributed by atoms with Crippen LogP contribution in [0.4, 0.5) is 0 Å². The van der Waals surface area contributed by atoms with Gasteiger partial charge in [0.05, 0.1) is 0 Å². The van der Waals surface area contributed by atoms with Crippen LogP contribution in [0, 0.1) is 5.92 Å². The van der Waals surface area contributed by atoms with Gasteiger partial charge < -0.3 is 10.2 Å². The Balaban J connectivity index is 1.48. The Morgan fingerprint density at radius 1 is 0.895 bits per heavy atom. The maximum Gasteiger partial charge on any atom is 0.225 e. The standard InChI is InChI=1S/C15H27N3O/c19-15(13-5-3-1-2-4-6-13)18-9-7-17(8-10-18)14-11-16-12-14/h13-14,16H,1-12H2. The molecule has 1 aliphatic carbocycles. The number of carbonyl (C=O) groups is 1. The van der Waals surface area contributed by atoms with Crippen LogP contribution < -0.4 is 5.32 Å². The average molecular weight is 265 g/mol.